The molecule has 0 aliphatic heterocycles. The van der Waals surface area contributed by atoms with E-state index in [0.29, 0.717) is 12.0 Å². The van der Waals surface area contributed by atoms with Crippen LogP contribution in [0.15, 0.2) is 24.3 Å². The van der Waals surface area contributed by atoms with Gasteiger partial charge < -0.3 is 0 Å². The van der Waals surface area contributed by atoms with Crippen LogP contribution in [0.4, 0.5) is 0 Å². The van der Waals surface area contributed by atoms with E-state index in [0.717, 1.165) is 5.56 Å². The van der Waals surface area contributed by atoms with Crippen LogP contribution < -0.4 is 0 Å². The van der Waals surface area contributed by atoms with Gasteiger partial charge in [-0.3, -0.25) is 9.59 Å². The fourth-order valence-electron chi connectivity index (χ4n) is 1.47. The predicted molar refractivity (Wildman–Crippen MR) is 65.1 cm³/mol. The van der Waals surface area contributed by atoms with Crippen LogP contribution in [0.1, 0.15) is 36.2 Å². The summed E-state index contributed by atoms with van der Waals surface area (Å²) >= 11 is 5.71. The number of carbonyl (C=O) groups excluding carboxylic acids is 2. The van der Waals surface area contributed by atoms with E-state index in [1.54, 1.807) is 25.1 Å². The van der Waals surface area contributed by atoms with Crippen molar-refractivity contribution in [1.82, 2.24) is 0 Å². The second kappa shape index (κ2) is 5.80. The van der Waals surface area contributed by atoms with Crippen molar-refractivity contribution in [2.75, 3.05) is 0 Å². The van der Waals surface area contributed by atoms with E-state index in [1.165, 1.54) is 0 Å². The standard InChI is InChI=1S/C13H15ClO2/c1-3-12(15)11-7-5-4-6-10(11)8-13(16)9(2)14/h4-7,9H,3,8H2,1-2H3. The maximum absolute atomic E-state index is 11.6. The number of carbonyl (C=O) groups is 2. The third-order valence-corrected chi connectivity index (χ3v) is 2.69. The third kappa shape index (κ3) is 3.17. The number of benzene rings is 1. The van der Waals surface area contributed by atoms with E-state index < -0.39 is 5.38 Å². The van der Waals surface area contributed by atoms with Crippen molar-refractivity contribution in [3.63, 3.8) is 0 Å². The molecule has 1 aromatic carbocycles. The van der Waals surface area contributed by atoms with Crippen LogP contribution in [0, 0.1) is 0 Å². The highest BCUT2D eigenvalue weighted by molar-refractivity contribution is 6.31. The Labute approximate surface area is 101 Å². The summed E-state index contributed by atoms with van der Waals surface area (Å²) in [5.74, 6) is 0.00338. The monoisotopic (exact) mass is 238 g/mol. The fraction of sp³-hybridized carbons (Fsp3) is 0.385. The van der Waals surface area contributed by atoms with E-state index in [2.05, 4.69) is 0 Å². The highest BCUT2D eigenvalue weighted by Gasteiger charge is 2.15. The van der Waals surface area contributed by atoms with Gasteiger partial charge in [0.15, 0.2) is 11.6 Å². The minimum absolute atomic E-state index is 0.0574. The summed E-state index contributed by atoms with van der Waals surface area (Å²) in [6.07, 6.45) is 0.675. The Kier molecular flexibility index (Phi) is 4.69. The largest absolute Gasteiger partial charge is 0.298 e. The number of alkyl halides is 1. The number of ketones is 2. The van der Waals surface area contributed by atoms with Crippen LogP contribution in [0.5, 0.6) is 0 Å². The quantitative estimate of drug-likeness (QED) is 0.584. The molecule has 0 aromatic heterocycles. The second-order valence-electron chi connectivity index (χ2n) is 3.69. The number of hydrogen-bond donors (Lipinski definition) is 0. The highest BCUT2D eigenvalue weighted by Crippen LogP contribution is 2.14. The maximum atomic E-state index is 11.6. The molecule has 16 heavy (non-hydrogen) atoms. The molecule has 0 bridgehead atoms. The first-order valence-corrected chi connectivity index (χ1v) is 5.77. The van der Waals surface area contributed by atoms with Crippen molar-refractivity contribution < 1.29 is 9.59 Å². The van der Waals surface area contributed by atoms with E-state index in [1.807, 2.05) is 13.0 Å². The molecule has 86 valence electrons. The first kappa shape index (κ1) is 12.9. The number of Topliss-reactive ketones (excluding diaryl/α,β-unsaturated/α-hetero) is 2. The number of halogens is 1. The van der Waals surface area contributed by atoms with Crippen LogP contribution in [0.25, 0.3) is 0 Å². The third-order valence-electron chi connectivity index (χ3n) is 2.45. The molecule has 0 radical (unpaired) electrons. The van der Waals surface area contributed by atoms with Gasteiger partial charge in [-0.05, 0) is 12.5 Å². The Bertz CT molecular complexity index is 397. The van der Waals surface area contributed by atoms with Gasteiger partial charge >= 0.3 is 0 Å². The van der Waals surface area contributed by atoms with Gasteiger partial charge in [0.25, 0.3) is 0 Å². The average molecular weight is 239 g/mol. The van der Waals surface area contributed by atoms with Gasteiger partial charge in [0, 0.05) is 18.4 Å². The van der Waals surface area contributed by atoms with Gasteiger partial charge in [-0.15, -0.1) is 11.6 Å². The van der Waals surface area contributed by atoms with Crippen molar-refractivity contribution in [2.24, 2.45) is 0 Å². The second-order valence-corrected chi connectivity index (χ2v) is 4.35. The van der Waals surface area contributed by atoms with Gasteiger partial charge in [-0.1, -0.05) is 31.2 Å². The molecule has 0 fully saturated rings. The molecule has 0 aliphatic carbocycles. The molecule has 2 nitrogen and oxygen atoms in total. The fourth-order valence-corrected chi connectivity index (χ4v) is 1.54. The Hall–Kier alpha value is -1.15. The van der Waals surface area contributed by atoms with E-state index in [4.69, 9.17) is 11.6 Å². The summed E-state index contributed by atoms with van der Waals surface area (Å²) in [6, 6.07) is 7.20. The van der Waals surface area contributed by atoms with Crippen molar-refractivity contribution in [3.8, 4) is 0 Å². The Morgan fingerprint density at radius 2 is 1.94 bits per heavy atom. The molecule has 1 aromatic rings. The number of hydrogen-bond acceptors (Lipinski definition) is 2. The van der Waals surface area contributed by atoms with Gasteiger partial charge in [0.1, 0.15) is 0 Å². The van der Waals surface area contributed by atoms with Crippen molar-refractivity contribution >= 4 is 23.2 Å². The summed E-state index contributed by atoms with van der Waals surface area (Å²) in [6.45, 7) is 3.46. The first-order valence-electron chi connectivity index (χ1n) is 5.34. The lowest BCUT2D eigenvalue weighted by atomic mass is 9.97. The normalized spacial score (nSPS) is 12.2. The maximum Gasteiger partial charge on any atom is 0.162 e. The summed E-state index contributed by atoms with van der Waals surface area (Å²) in [5, 5.41) is -0.509. The SMILES string of the molecule is CCC(=O)c1ccccc1CC(=O)C(C)Cl. The molecular weight excluding hydrogens is 224 g/mol. The van der Waals surface area contributed by atoms with E-state index in [-0.39, 0.29) is 18.0 Å². The Morgan fingerprint density at radius 1 is 1.31 bits per heavy atom. The molecule has 0 N–H and O–H groups in total. The van der Waals surface area contributed by atoms with Gasteiger partial charge in [0.2, 0.25) is 0 Å². The van der Waals surface area contributed by atoms with E-state index in [9.17, 15) is 9.59 Å². The molecule has 1 rings (SSSR count). The van der Waals surface area contributed by atoms with Crippen molar-refractivity contribution in [2.45, 2.75) is 32.1 Å². The summed E-state index contributed by atoms with van der Waals surface area (Å²) < 4.78 is 0. The molecule has 0 spiro atoms. The topological polar surface area (TPSA) is 34.1 Å². The highest BCUT2D eigenvalue weighted by atomic mass is 35.5. The van der Waals surface area contributed by atoms with Gasteiger partial charge in [-0.25, -0.2) is 0 Å². The van der Waals surface area contributed by atoms with E-state index >= 15 is 0 Å². The van der Waals surface area contributed by atoms with Crippen LogP contribution >= 0.6 is 11.6 Å². The van der Waals surface area contributed by atoms with Crippen molar-refractivity contribution in [1.29, 1.82) is 0 Å². The number of rotatable bonds is 5. The van der Waals surface area contributed by atoms with Crippen LogP contribution in [-0.4, -0.2) is 16.9 Å². The molecule has 0 amide bonds. The summed E-state index contributed by atoms with van der Waals surface area (Å²) in [7, 11) is 0. The predicted octanol–water partition coefficient (Wildman–Crippen LogP) is 3.02. The molecular formula is C13H15ClO2. The van der Waals surface area contributed by atoms with Gasteiger partial charge in [-0.2, -0.15) is 0 Å². The summed E-state index contributed by atoms with van der Waals surface area (Å²) in [5.41, 5.74) is 1.41. The molecule has 0 saturated heterocycles. The molecule has 0 saturated carbocycles. The molecule has 0 aliphatic rings. The molecule has 1 unspecified atom stereocenters. The zero-order chi connectivity index (χ0) is 12.1. The van der Waals surface area contributed by atoms with Crippen molar-refractivity contribution in [3.05, 3.63) is 35.4 Å². The zero-order valence-corrected chi connectivity index (χ0v) is 10.3. The van der Waals surface area contributed by atoms with Crippen LogP contribution in [-0.2, 0) is 11.2 Å². The Morgan fingerprint density at radius 3 is 2.50 bits per heavy atom. The Balaban J connectivity index is 2.95. The lowest BCUT2D eigenvalue weighted by molar-refractivity contribution is -0.117. The first-order chi connectivity index (χ1) is 7.56. The van der Waals surface area contributed by atoms with Crippen LogP contribution in [0.3, 0.4) is 0 Å². The zero-order valence-electron chi connectivity index (χ0n) is 9.50. The minimum atomic E-state index is -0.509. The molecule has 3 heteroatoms. The molecule has 0 heterocycles. The minimum Gasteiger partial charge on any atom is -0.298 e. The van der Waals surface area contributed by atoms with Gasteiger partial charge in [0.05, 0.1) is 5.38 Å². The average Bonchev–Trinajstić information content (AvgIpc) is 2.28. The lowest BCUT2D eigenvalue weighted by Crippen LogP contribution is -2.15. The van der Waals surface area contributed by atoms with Crippen LogP contribution in [0.2, 0.25) is 0 Å². The lowest BCUT2D eigenvalue weighted by Gasteiger charge is -2.07. The molecule has 1 atom stereocenters. The smallest absolute Gasteiger partial charge is 0.162 e. The summed E-state index contributed by atoms with van der Waals surface area (Å²) in [4.78, 5) is 23.2.